The van der Waals surface area contributed by atoms with E-state index in [1.807, 2.05) is 16.9 Å². The minimum absolute atomic E-state index is 0.364. The Hall–Kier alpha value is -1.95. The van der Waals surface area contributed by atoms with Gasteiger partial charge in [-0.15, -0.1) is 0 Å². The highest BCUT2D eigenvalue weighted by Crippen LogP contribution is 2.40. The number of fused-ring (bicyclic) bond motifs is 1. The van der Waals surface area contributed by atoms with Crippen molar-refractivity contribution in [3.8, 4) is 0 Å². The first-order valence-corrected chi connectivity index (χ1v) is 8.25. The van der Waals surface area contributed by atoms with Crippen LogP contribution in [0.1, 0.15) is 34.8 Å². The third-order valence-corrected chi connectivity index (χ3v) is 3.81. The van der Waals surface area contributed by atoms with Crippen molar-refractivity contribution in [2.45, 2.75) is 18.8 Å². The Labute approximate surface area is 117 Å². The van der Waals surface area contributed by atoms with Crippen LogP contribution in [0.4, 0.5) is 0 Å². The quantitative estimate of drug-likeness (QED) is 0.935. The second-order valence-corrected chi connectivity index (χ2v) is 6.84. The monoisotopic (exact) mass is 290 g/mol. The number of aromatic nitrogens is 1. The van der Waals surface area contributed by atoms with Gasteiger partial charge in [0.05, 0.1) is 17.3 Å². The highest BCUT2D eigenvalue weighted by Gasteiger charge is 2.27. The number of nitrogens with one attached hydrogen (secondary N) is 1. The van der Waals surface area contributed by atoms with Crippen LogP contribution in [-0.2, 0) is 10.0 Å². The number of sulfonamides is 1. The van der Waals surface area contributed by atoms with Gasteiger partial charge in [-0.25, -0.2) is 13.1 Å². The summed E-state index contributed by atoms with van der Waals surface area (Å²) in [6, 6.07) is 8.97. The summed E-state index contributed by atoms with van der Waals surface area (Å²) >= 11 is 0. The second-order valence-electron chi connectivity index (χ2n) is 5.09. The van der Waals surface area contributed by atoms with E-state index < -0.39 is 15.9 Å². The topological polar surface area (TPSA) is 76.1 Å². The van der Waals surface area contributed by atoms with Gasteiger partial charge >= 0.3 is 0 Å². The van der Waals surface area contributed by atoms with Crippen LogP contribution in [-0.4, -0.2) is 25.6 Å². The Morgan fingerprint density at radius 2 is 2.00 bits per heavy atom. The molecule has 1 fully saturated rings. The molecule has 5 nitrogen and oxygen atoms in total. The van der Waals surface area contributed by atoms with Gasteiger partial charge in [-0.3, -0.25) is 9.78 Å². The smallest absolute Gasteiger partial charge is 0.265 e. The van der Waals surface area contributed by atoms with Crippen LogP contribution < -0.4 is 4.72 Å². The summed E-state index contributed by atoms with van der Waals surface area (Å²) in [7, 11) is -3.58. The van der Waals surface area contributed by atoms with Crippen molar-refractivity contribution in [3.05, 3.63) is 41.6 Å². The maximum Gasteiger partial charge on any atom is 0.265 e. The summed E-state index contributed by atoms with van der Waals surface area (Å²) < 4.78 is 24.5. The maximum atomic E-state index is 12.2. The molecule has 0 aliphatic heterocycles. The molecule has 1 aromatic carbocycles. The summed E-state index contributed by atoms with van der Waals surface area (Å²) in [5.74, 6) is -0.211. The van der Waals surface area contributed by atoms with E-state index in [1.165, 1.54) is 0 Å². The lowest BCUT2D eigenvalue weighted by atomic mass is 10.1. The Morgan fingerprint density at radius 3 is 2.65 bits per heavy atom. The number of nitrogens with zero attached hydrogens (tertiary/aromatic N) is 1. The number of hydrogen-bond acceptors (Lipinski definition) is 4. The molecule has 2 aromatic rings. The van der Waals surface area contributed by atoms with Gasteiger partial charge < -0.3 is 0 Å². The fourth-order valence-corrected chi connectivity index (χ4v) is 2.64. The number of amides is 1. The van der Waals surface area contributed by atoms with Crippen LogP contribution in [0.3, 0.4) is 0 Å². The van der Waals surface area contributed by atoms with Crippen molar-refractivity contribution < 1.29 is 13.2 Å². The van der Waals surface area contributed by atoms with E-state index in [0.29, 0.717) is 16.9 Å². The van der Waals surface area contributed by atoms with Gasteiger partial charge in [0.1, 0.15) is 0 Å². The zero-order valence-electron chi connectivity index (χ0n) is 11.0. The second kappa shape index (κ2) is 4.56. The normalized spacial score (nSPS) is 15.2. The van der Waals surface area contributed by atoms with Crippen molar-refractivity contribution in [1.82, 2.24) is 9.71 Å². The van der Waals surface area contributed by atoms with Crippen LogP contribution >= 0.6 is 0 Å². The highest BCUT2D eigenvalue weighted by atomic mass is 32.2. The molecule has 1 aliphatic rings. The van der Waals surface area contributed by atoms with Crippen molar-refractivity contribution >= 4 is 26.8 Å². The SMILES string of the molecule is CS(=O)(=O)NC(=O)c1cc(C2CC2)nc2ccccc12. The highest BCUT2D eigenvalue weighted by molar-refractivity contribution is 7.89. The van der Waals surface area contributed by atoms with Crippen molar-refractivity contribution in [2.24, 2.45) is 0 Å². The van der Waals surface area contributed by atoms with Crippen molar-refractivity contribution in [2.75, 3.05) is 6.26 Å². The largest absolute Gasteiger partial charge is 0.268 e. The molecule has 20 heavy (non-hydrogen) atoms. The van der Waals surface area contributed by atoms with E-state index >= 15 is 0 Å². The Morgan fingerprint density at radius 1 is 1.30 bits per heavy atom. The van der Waals surface area contributed by atoms with Crippen LogP contribution in [0.25, 0.3) is 10.9 Å². The number of benzene rings is 1. The summed E-state index contributed by atoms with van der Waals surface area (Å²) in [5.41, 5.74) is 1.95. The molecule has 1 saturated carbocycles. The van der Waals surface area contributed by atoms with Crippen LogP contribution in [0, 0.1) is 0 Å². The molecule has 0 saturated heterocycles. The number of carbonyl (C=O) groups is 1. The average molecular weight is 290 g/mol. The van der Waals surface area contributed by atoms with Gasteiger partial charge in [0.2, 0.25) is 10.0 Å². The zero-order chi connectivity index (χ0) is 14.3. The molecule has 104 valence electrons. The lowest BCUT2D eigenvalue weighted by Crippen LogP contribution is -2.29. The third-order valence-electron chi connectivity index (χ3n) is 3.25. The Bertz CT molecular complexity index is 795. The lowest BCUT2D eigenvalue weighted by molar-refractivity contribution is 0.0983. The van der Waals surface area contributed by atoms with E-state index in [2.05, 4.69) is 4.98 Å². The number of para-hydroxylation sites is 1. The predicted molar refractivity (Wildman–Crippen MR) is 76.0 cm³/mol. The molecule has 0 radical (unpaired) electrons. The molecule has 0 spiro atoms. The minimum atomic E-state index is -3.58. The predicted octanol–water partition coefficient (Wildman–Crippen LogP) is 1.80. The van der Waals surface area contributed by atoms with Gasteiger partial charge in [-0.05, 0) is 25.0 Å². The molecule has 1 heterocycles. The summed E-state index contributed by atoms with van der Waals surface area (Å²) in [4.78, 5) is 16.7. The first-order valence-electron chi connectivity index (χ1n) is 6.36. The summed E-state index contributed by atoms with van der Waals surface area (Å²) in [6.45, 7) is 0. The molecular formula is C14H14N2O3S. The van der Waals surface area contributed by atoms with E-state index in [0.717, 1.165) is 30.3 Å². The van der Waals surface area contributed by atoms with Crippen LogP contribution in [0.5, 0.6) is 0 Å². The lowest BCUT2D eigenvalue weighted by Gasteiger charge is -2.09. The van der Waals surface area contributed by atoms with Gasteiger partial charge in [0, 0.05) is 17.0 Å². The molecule has 1 N–H and O–H groups in total. The molecule has 0 bridgehead atoms. The van der Waals surface area contributed by atoms with Gasteiger partial charge in [-0.1, -0.05) is 18.2 Å². The molecule has 1 aliphatic carbocycles. The number of carbonyl (C=O) groups excluding carboxylic acids is 1. The minimum Gasteiger partial charge on any atom is -0.268 e. The number of rotatable bonds is 3. The molecule has 1 amide bonds. The first-order chi connectivity index (χ1) is 9.44. The average Bonchev–Trinajstić information content (AvgIpc) is 3.19. The molecule has 3 rings (SSSR count). The zero-order valence-corrected chi connectivity index (χ0v) is 11.8. The summed E-state index contributed by atoms with van der Waals surface area (Å²) in [5, 5.41) is 0.665. The Kier molecular flexibility index (Phi) is 2.97. The molecule has 6 heteroatoms. The van der Waals surface area contributed by atoms with Crippen molar-refractivity contribution in [1.29, 1.82) is 0 Å². The van der Waals surface area contributed by atoms with Crippen molar-refractivity contribution in [3.63, 3.8) is 0 Å². The fourth-order valence-electron chi connectivity index (χ4n) is 2.20. The van der Waals surface area contributed by atoms with E-state index in [9.17, 15) is 13.2 Å². The molecule has 0 atom stereocenters. The number of hydrogen-bond donors (Lipinski definition) is 1. The van der Waals surface area contributed by atoms with E-state index in [-0.39, 0.29) is 0 Å². The molecule has 1 aromatic heterocycles. The van der Waals surface area contributed by atoms with Gasteiger partial charge in [-0.2, -0.15) is 0 Å². The van der Waals surface area contributed by atoms with E-state index in [1.54, 1.807) is 18.2 Å². The van der Waals surface area contributed by atoms with Gasteiger partial charge in [0.15, 0.2) is 0 Å². The number of pyridine rings is 1. The molecular weight excluding hydrogens is 276 g/mol. The summed E-state index contributed by atoms with van der Waals surface area (Å²) in [6.07, 6.45) is 3.10. The maximum absolute atomic E-state index is 12.2. The van der Waals surface area contributed by atoms with Gasteiger partial charge in [0.25, 0.3) is 5.91 Å². The van der Waals surface area contributed by atoms with Crippen LogP contribution in [0.15, 0.2) is 30.3 Å². The molecule has 0 unspecified atom stereocenters. The standard InChI is InChI=1S/C14H14N2O3S/c1-20(18,19)16-14(17)11-8-13(9-6-7-9)15-12-5-3-2-4-10(11)12/h2-5,8-9H,6-7H2,1H3,(H,16,17). The van der Waals surface area contributed by atoms with Crippen LogP contribution in [0.2, 0.25) is 0 Å². The van der Waals surface area contributed by atoms with E-state index in [4.69, 9.17) is 0 Å². The first kappa shape index (κ1) is 13.1. The fraction of sp³-hybridized carbons (Fsp3) is 0.286. The third kappa shape index (κ3) is 2.65. The Balaban J connectivity index is 2.14.